The van der Waals surface area contributed by atoms with Crippen molar-refractivity contribution in [1.29, 1.82) is 0 Å². The molecule has 2 aliphatic rings. The molecule has 4 rings (SSSR count). The van der Waals surface area contributed by atoms with Crippen molar-refractivity contribution in [3.8, 4) is 5.69 Å². The number of nitrogens with zero attached hydrogens (tertiary/aromatic N) is 3. The van der Waals surface area contributed by atoms with Crippen LogP contribution in [0.2, 0.25) is 0 Å². The first-order valence-electron chi connectivity index (χ1n) is 8.18. The van der Waals surface area contributed by atoms with E-state index in [1.165, 1.54) is 19.3 Å². The van der Waals surface area contributed by atoms with Crippen molar-refractivity contribution in [2.75, 3.05) is 0 Å². The normalized spacial score (nSPS) is 25.3. The van der Waals surface area contributed by atoms with Crippen molar-refractivity contribution >= 4 is 11.8 Å². The lowest BCUT2D eigenvalue weighted by atomic mass is 9.97. The first-order valence-corrected chi connectivity index (χ1v) is 9.06. The Morgan fingerprint density at radius 2 is 1.82 bits per heavy atom. The Kier molecular flexibility index (Phi) is 3.92. The molecule has 4 nitrogen and oxygen atoms in total. The Hall–Kier alpha value is -1.33. The maximum atomic E-state index is 10.2. The highest BCUT2D eigenvalue weighted by Crippen LogP contribution is 2.41. The van der Waals surface area contributed by atoms with Crippen LogP contribution in [-0.2, 0) is 0 Å². The van der Waals surface area contributed by atoms with Gasteiger partial charge in [0.05, 0.1) is 11.8 Å². The Morgan fingerprint density at radius 1 is 1.05 bits per heavy atom. The van der Waals surface area contributed by atoms with Crippen LogP contribution in [0.4, 0.5) is 0 Å². The summed E-state index contributed by atoms with van der Waals surface area (Å²) in [4.78, 5) is 4.78. The van der Waals surface area contributed by atoms with E-state index in [0.717, 1.165) is 35.9 Å². The summed E-state index contributed by atoms with van der Waals surface area (Å²) in [5.41, 5.74) is 1.08. The first kappa shape index (κ1) is 14.3. The molecule has 0 aliphatic heterocycles. The maximum Gasteiger partial charge on any atom is 0.209 e. The zero-order valence-electron chi connectivity index (χ0n) is 12.6. The molecular weight excluding hydrogens is 294 g/mol. The minimum Gasteiger partial charge on any atom is -0.392 e. The molecule has 2 aliphatic carbocycles. The van der Waals surface area contributed by atoms with Crippen molar-refractivity contribution in [3.63, 3.8) is 0 Å². The van der Waals surface area contributed by atoms with Crippen molar-refractivity contribution in [2.24, 2.45) is 0 Å². The number of aromatic nitrogens is 3. The fraction of sp³-hybridized carbons (Fsp3) is 0.529. The molecule has 116 valence electrons. The van der Waals surface area contributed by atoms with Gasteiger partial charge < -0.3 is 5.11 Å². The lowest BCUT2D eigenvalue weighted by Crippen LogP contribution is -2.26. The number of aliphatic hydroxyl groups is 1. The summed E-state index contributed by atoms with van der Waals surface area (Å²) in [6.45, 7) is 0. The van der Waals surface area contributed by atoms with Crippen molar-refractivity contribution in [2.45, 2.75) is 61.0 Å². The number of aliphatic hydroxyl groups excluding tert-OH is 1. The van der Waals surface area contributed by atoms with Gasteiger partial charge in [0.1, 0.15) is 5.82 Å². The van der Waals surface area contributed by atoms with Crippen LogP contribution in [0.5, 0.6) is 0 Å². The molecular formula is C17H21N3OS. The number of para-hydroxylation sites is 1. The van der Waals surface area contributed by atoms with Gasteiger partial charge in [0.25, 0.3) is 0 Å². The van der Waals surface area contributed by atoms with Gasteiger partial charge in [-0.3, -0.25) is 0 Å². The van der Waals surface area contributed by atoms with Crippen LogP contribution in [0.3, 0.4) is 0 Å². The molecule has 1 heterocycles. The SMILES string of the molecule is OC1CCCCC1Sc1nc(C2CC2)n(-c2ccccc2)n1. The number of hydrogen-bond donors (Lipinski definition) is 1. The quantitative estimate of drug-likeness (QED) is 0.937. The minimum absolute atomic E-state index is 0.216. The largest absolute Gasteiger partial charge is 0.392 e. The van der Waals surface area contributed by atoms with Crippen LogP contribution in [0.25, 0.3) is 5.69 Å². The number of hydrogen-bond acceptors (Lipinski definition) is 4. The van der Waals surface area contributed by atoms with Gasteiger partial charge in [-0.25, -0.2) is 9.67 Å². The molecule has 2 fully saturated rings. The monoisotopic (exact) mass is 315 g/mol. The van der Waals surface area contributed by atoms with Crippen LogP contribution >= 0.6 is 11.8 Å². The fourth-order valence-corrected chi connectivity index (χ4v) is 4.19. The zero-order valence-corrected chi connectivity index (χ0v) is 13.4. The molecule has 1 aromatic heterocycles. The minimum atomic E-state index is -0.216. The molecule has 1 aromatic carbocycles. The Morgan fingerprint density at radius 3 is 2.55 bits per heavy atom. The fourth-order valence-electron chi connectivity index (χ4n) is 3.07. The average molecular weight is 315 g/mol. The van der Waals surface area contributed by atoms with Gasteiger partial charge >= 0.3 is 0 Å². The lowest BCUT2D eigenvalue weighted by molar-refractivity contribution is 0.137. The van der Waals surface area contributed by atoms with Crippen LogP contribution in [-0.4, -0.2) is 31.2 Å². The first-order chi connectivity index (χ1) is 10.8. The van der Waals surface area contributed by atoms with Crippen molar-refractivity contribution in [3.05, 3.63) is 36.2 Å². The van der Waals surface area contributed by atoms with Gasteiger partial charge in [0.15, 0.2) is 0 Å². The summed E-state index contributed by atoms with van der Waals surface area (Å²) in [7, 11) is 0. The van der Waals surface area contributed by atoms with Gasteiger partial charge in [0, 0.05) is 11.2 Å². The van der Waals surface area contributed by atoms with E-state index in [0.29, 0.717) is 5.92 Å². The molecule has 2 atom stereocenters. The smallest absolute Gasteiger partial charge is 0.209 e. The van der Waals surface area contributed by atoms with Crippen LogP contribution in [0.1, 0.15) is 50.3 Å². The summed E-state index contributed by atoms with van der Waals surface area (Å²) in [6, 6.07) is 10.2. The van der Waals surface area contributed by atoms with Gasteiger partial charge in [-0.2, -0.15) is 0 Å². The maximum absolute atomic E-state index is 10.2. The topological polar surface area (TPSA) is 50.9 Å². The van der Waals surface area contributed by atoms with E-state index in [1.807, 2.05) is 22.9 Å². The van der Waals surface area contributed by atoms with Crippen molar-refractivity contribution < 1.29 is 5.11 Å². The third-order valence-electron chi connectivity index (χ3n) is 4.48. The van der Waals surface area contributed by atoms with E-state index in [4.69, 9.17) is 10.1 Å². The molecule has 2 saturated carbocycles. The third-order valence-corrected chi connectivity index (χ3v) is 5.72. The standard InChI is InChI=1S/C17H21N3OS/c21-14-8-4-5-9-15(14)22-17-18-16(12-10-11-12)20(19-17)13-6-2-1-3-7-13/h1-3,6-7,12,14-15,21H,4-5,8-11H2. The van der Waals surface area contributed by atoms with E-state index in [2.05, 4.69) is 12.1 Å². The van der Waals surface area contributed by atoms with Gasteiger partial charge in [-0.1, -0.05) is 42.8 Å². The Balaban J connectivity index is 1.61. The molecule has 0 amide bonds. The number of rotatable bonds is 4. The second-order valence-corrected chi connectivity index (χ2v) is 7.49. The molecule has 2 aromatic rings. The van der Waals surface area contributed by atoms with Gasteiger partial charge in [-0.15, -0.1) is 5.10 Å². The third kappa shape index (κ3) is 2.92. The number of benzene rings is 1. The highest BCUT2D eigenvalue weighted by Gasteiger charge is 2.32. The highest BCUT2D eigenvalue weighted by atomic mass is 32.2. The van der Waals surface area contributed by atoms with Crippen molar-refractivity contribution in [1.82, 2.24) is 14.8 Å². The van der Waals surface area contributed by atoms with E-state index in [-0.39, 0.29) is 11.4 Å². The highest BCUT2D eigenvalue weighted by molar-refractivity contribution is 7.99. The Labute approximate surface area is 135 Å². The molecule has 0 bridgehead atoms. The molecule has 0 spiro atoms. The lowest BCUT2D eigenvalue weighted by Gasteiger charge is -2.25. The molecule has 0 saturated heterocycles. The molecule has 22 heavy (non-hydrogen) atoms. The molecule has 0 radical (unpaired) electrons. The Bertz CT molecular complexity index is 639. The van der Waals surface area contributed by atoms with Gasteiger partial charge in [0.2, 0.25) is 5.16 Å². The van der Waals surface area contributed by atoms with E-state index >= 15 is 0 Å². The van der Waals surface area contributed by atoms with Gasteiger partial charge in [-0.05, 0) is 37.8 Å². The summed E-state index contributed by atoms with van der Waals surface area (Å²) < 4.78 is 2.00. The summed E-state index contributed by atoms with van der Waals surface area (Å²) in [6.07, 6.45) is 6.51. The summed E-state index contributed by atoms with van der Waals surface area (Å²) >= 11 is 1.65. The zero-order chi connectivity index (χ0) is 14.9. The molecule has 5 heteroatoms. The number of thioether (sulfide) groups is 1. The van der Waals surface area contributed by atoms with E-state index in [1.54, 1.807) is 11.8 Å². The second kappa shape index (κ2) is 6.05. The van der Waals surface area contributed by atoms with Crippen LogP contribution in [0.15, 0.2) is 35.5 Å². The average Bonchev–Trinajstić information content (AvgIpc) is 3.31. The van der Waals surface area contributed by atoms with E-state index < -0.39 is 0 Å². The van der Waals surface area contributed by atoms with E-state index in [9.17, 15) is 5.11 Å². The second-order valence-electron chi connectivity index (χ2n) is 6.28. The molecule has 1 N–H and O–H groups in total. The summed E-state index contributed by atoms with van der Waals surface area (Å²) in [5, 5.41) is 15.9. The predicted octanol–water partition coefficient (Wildman–Crippen LogP) is 3.54. The van der Waals surface area contributed by atoms with Crippen LogP contribution < -0.4 is 0 Å². The van der Waals surface area contributed by atoms with Crippen LogP contribution in [0, 0.1) is 0 Å². The summed E-state index contributed by atoms with van der Waals surface area (Å²) in [5.74, 6) is 1.64. The predicted molar refractivity (Wildman–Crippen MR) is 87.5 cm³/mol. The molecule has 2 unspecified atom stereocenters.